The highest BCUT2D eigenvalue weighted by molar-refractivity contribution is 5.67. The van der Waals surface area contributed by atoms with Crippen LogP contribution in [0.5, 0.6) is 0 Å². The fraction of sp³-hybridized carbons (Fsp3) is 0.833. The lowest BCUT2D eigenvalue weighted by Gasteiger charge is -2.10. The molecule has 0 heterocycles. The van der Waals surface area contributed by atoms with Crippen LogP contribution in [-0.2, 0) is 4.79 Å². The molecule has 0 unspecified atom stereocenters. The van der Waals surface area contributed by atoms with Gasteiger partial charge in [0, 0.05) is 0 Å². The smallest absolute Gasteiger partial charge is 0.306 e. The summed E-state index contributed by atoms with van der Waals surface area (Å²) in [5.41, 5.74) is 0. The van der Waals surface area contributed by atoms with E-state index in [0.29, 0.717) is 6.54 Å². The minimum atomic E-state index is -0.950. The SMILES string of the molecule is C[NH+](C)C[C@H](O)CC(=O)O. The summed E-state index contributed by atoms with van der Waals surface area (Å²) in [7, 11) is 3.73. The summed E-state index contributed by atoms with van der Waals surface area (Å²) < 4.78 is 0. The molecule has 0 aliphatic heterocycles. The van der Waals surface area contributed by atoms with Crippen LogP contribution in [0.15, 0.2) is 0 Å². The number of carbonyl (C=O) groups is 1. The number of hydrogen-bond donors (Lipinski definition) is 3. The Balaban J connectivity index is 3.43. The molecular formula is C6H14NO3+. The van der Waals surface area contributed by atoms with Crippen molar-refractivity contribution in [3.63, 3.8) is 0 Å². The molecular weight excluding hydrogens is 134 g/mol. The van der Waals surface area contributed by atoms with Crippen LogP contribution in [0.2, 0.25) is 0 Å². The standard InChI is InChI=1S/C6H13NO3/c1-7(2)4-5(8)3-6(9)10/h5,8H,3-4H2,1-2H3,(H,9,10)/p+1/t5-/m1/s1. The van der Waals surface area contributed by atoms with Crippen molar-refractivity contribution in [1.29, 1.82) is 0 Å². The van der Waals surface area contributed by atoms with Crippen molar-refractivity contribution in [2.24, 2.45) is 0 Å². The van der Waals surface area contributed by atoms with Crippen molar-refractivity contribution in [2.45, 2.75) is 12.5 Å². The number of aliphatic hydroxyl groups is 1. The maximum Gasteiger partial charge on any atom is 0.306 e. The van der Waals surface area contributed by atoms with Gasteiger partial charge in [0.05, 0.1) is 20.5 Å². The number of rotatable bonds is 4. The number of carboxylic acid groups (broad SMARTS) is 1. The molecule has 0 saturated heterocycles. The Morgan fingerprint density at radius 3 is 2.40 bits per heavy atom. The second-order valence-electron chi connectivity index (χ2n) is 2.66. The third kappa shape index (κ3) is 5.53. The van der Waals surface area contributed by atoms with E-state index in [4.69, 9.17) is 10.2 Å². The molecule has 3 N–H and O–H groups in total. The number of aliphatic carboxylic acids is 1. The van der Waals surface area contributed by atoms with E-state index < -0.39 is 12.1 Å². The number of nitrogens with one attached hydrogen (secondary N) is 1. The maximum atomic E-state index is 10.0. The molecule has 0 aliphatic rings. The molecule has 0 bridgehead atoms. The minimum absolute atomic E-state index is 0.162. The zero-order chi connectivity index (χ0) is 8.15. The van der Waals surface area contributed by atoms with E-state index in [1.165, 1.54) is 0 Å². The van der Waals surface area contributed by atoms with Gasteiger partial charge in [-0.3, -0.25) is 4.79 Å². The predicted octanol–water partition coefficient (Wildman–Crippen LogP) is -2.03. The Hall–Kier alpha value is -0.610. The Morgan fingerprint density at radius 2 is 2.10 bits per heavy atom. The molecule has 60 valence electrons. The third-order valence-corrected chi connectivity index (χ3v) is 1.05. The maximum absolute atomic E-state index is 10.0. The second kappa shape index (κ2) is 4.24. The molecule has 0 saturated carbocycles. The monoisotopic (exact) mass is 148 g/mol. The van der Waals surface area contributed by atoms with Crippen LogP contribution in [-0.4, -0.2) is 42.9 Å². The summed E-state index contributed by atoms with van der Waals surface area (Å²) in [5.74, 6) is -0.950. The topological polar surface area (TPSA) is 62.0 Å². The summed E-state index contributed by atoms with van der Waals surface area (Å²) in [4.78, 5) is 11.1. The Labute approximate surface area is 60.1 Å². The Kier molecular flexibility index (Phi) is 3.99. The first-order chi connectivity index (χ1) is 4.52. The molecule has 4 nitrogen and oxygen atoms in total. The van der Waals surface area contributed by atoms with Crippen LogP contribution >= 0.6 is 0 Å². The van der Waals surface area contributed by atoms with E-state index in [0.717, 1.165) is 4.90 Å². The fourth-order valence-electron chi connectivity index (χ4n) is 0.745. The molecule has 0 rings (SSSR count). The molecule has 0 aromatic rings. The van der Waals surface area contributed by atoms with Gasteiger partial charge in [0.2, 0.25) is 0 Å². The van der Waals surface area contributed by atoms with E-state index in [2.05, 4.69) is 0 Å². The van der Waals surface area contributed by atoms with E-state index >= 15 is 0 Å². The molecule has 0 radical (unpaired) electrons. The highest BCUT2D eigenvalue weighted by Gasteiger charge is 2.11. The van der Waals surface area contributed by atoms with Crippen molar-refractivity contribution in [3.05, 3.63) is 0 Å². The third-order valence-electron chi connectivity index (χ3n) is 1.05. The van der Waals surface area contributed by atoms with Crippen molar-refractivity contribution in [1.82, 2.24) is 0 Å². The van der Waals surface area contributed by atoms with Crippen molar-refractivity contribution in [3.8, 4) is 0 Å². The first-order valence-corrected chi connectivity index (χ1v) is 3.21. The van der Waals surface area contributed by atoms with E-state index in [1.807, 2.05) is 14.1 Å². The molecule has 0 fully saturated rings. The summed E-state index contributed by atoms with van der Waals surface area (Å²) >= 11 is 0. The van der Waals surface area contributed by atoms with Gasteiger partial charge in [0.25, 0.3) is 0 Å². The second-order valence-corrected chi connectivity index (χ2v) is 2.66. The molecule has 0 aromatic heterocycles. The van der Waals surface area contributed by atoms with Crippen LogP contribution in [0.3, 0.4) is 0 Å². The Morgan fingerprint density at radius 1 is 1.60 bits per heavy atom. The summed E-state index contributed by atoms with van der Waals surface area (Å²) in [6, 6.07) is 0. The first kappa shape index (κ1) is 9.39. The van der Waals surface area contributed by atoms with Gasteiger partial charge < -0.3 is 15.1 Å². The summed E-state index contributed by atoms with van der Waals surface area (Å²) in [6.45, 7) is 0.478. The average molecular weight is 148 g/mol. The lowest BCUT2D eigenvalue weighted by atomic mass is 10.2. The van der Waals surface area contributed by atoms with Gasteiger partial charge in [0.1, 0.15) is 12.6 Å². The lowest BCUT2D eigenvalue weighted by Crippen LogP contribution is -3.07. The minimum Gasteiger partial charge on any atom is -0.481 e. The van der Waals surface area contributed by atoms with Crippen LogP contribution < -0.4 is 4.90 Å². The predicted molar refractivity (Wildman–Crippen MR) is 35.9 cm³/mol. The van der Waals surface area contributed by atoms with Gasteiger partial charge in [0.15, 0.2) is 0 Å². The van der Waals surface area contributed by atoms with Crippen molar-refractivity contribution in [2.75, 3.05) is 20.6 Å². The fourth-order valence-corrected chi connectivity index (χ4v) is 0.745. The molecule has 0 aliphatic carbocycles. The van der Waals surface area contributed by atoms with E-state index in [-0.39, 0.29) is 6.42 Å². The lowest BCUT2D eigenvalue weighted by molar-refractivity contribution is -0.861. The zero-order valence-electron chi connectivity index (χ0n) is 6.29. The zero-order valence-corrected chi connectivity index (χ0v) is 6.29. The van der Waals surface area contributed by atoms with Gasteiger partial charge in [-0.15, -0.1) is 0 Å². The average Bonchev–Trinajstić information content (AvgIpc) is 1.58. The van der Waals surface area contributed by atoms with Crippen LogP contribution in [0, 0.1) is 0 Å². The van der Waals surface area contributed by atoms with Gasteiger partial charge in [-0.1, -0.05) is 0 Å². The first-order valence-electron chi connectivity index (χ1n) is 3.21. The molecule has 10 heavy (non-hydrogen) atoms. The van der Waals surface area contributed by atoms with Gasteiger partial charge in [-0.05, 0) is 0 Å². The normalized spacial score (nSPS) is 13.6. The molecule has 0 amide bonds. The van der Waals surface area contributed by atoms with Crippen LogP contribution in [0.1, 0.15) is 6.42 Å². The van der Waals surface area contributed by atoms with E-state index in [1.54, 1.807) is 0 Å². The number of likely N-dealkylation sites (N-methyl/N-ethyl adjacent to an activating group) is 1. The number of carboxylic acids is 1. The van der Waals surface area contributed by atoms with E-state index in [9.17, 15) is 4.79 Å². The molecule has 0 aromatic carbocycles. The number of hydrogen-bond acceptors (Lipinski definition) is 2. The van der Waals surface area contributed by atoms with Crippen molar-refractivity contribution >= 4 is 5.97 Å². The molecule has 4 heteroatoms. The number of aliphatic hydroxyl groups excluding tert-OH is 1. The highest BCUT2D eigenvalue weighted by Crippen LogP contribution is 1.85. The quantitative estimate of drug-likeness (QED) is 0.431. The van der Waals surface area contributed by atoms with Gasteiger partial charge >= 0.3 is 5.97 Å². The van der Waals surface area contributed by atoms with Crippen LogP contribution in [0.25, 0.3) is 0 Å². The Bertz CT molecular complexity index is 114. The molecule has 0 spiro atoms. The summed E-state index contributed by atoms with van der Waals surface area (Å²) in [5, 5.41) is 17.2. The van der Waals surface area contributed by atoms with Crippen molar-refractivity contribution < 1.29 is 19.9 Å². The summed E-state index contributed by atoms with van der Waals surface area (Å²) in [6.07, 6.45) is -0.881. The molecule has 1 atom stereocenters. The van der Waals surface area contributed by atoms with Gasteiger partial charge in [-0.25, -0.2) is 0 Å². The largest absolute Gasteiger partial charge is 0.481 e. The highest BCUT2D eigenvalue weighted by atomic mass is 16.4. The van der Waals surface area contributed by atoms with Gasteiger partial charge in [-0.2, -0.15) is 0 Å². The number of quaternary nitrogens is 1. The van der Waals surface area contributed by atoms with Crippen LogP contribution in [0.4, 0.5) is 0 Å².